The Hall–Kier alpha value is -0.120. The molecule has 2 atom stereocenters. The predicted molar refractivity (Wildman–Crippen MR) is 71.1 cm³/mol. The number of nitrogens with zero attached hydrogens (tertiary/aromatic N) is 1. The summed E-state index contributed by atoms with van der Waals surface area (Å²) in [6, 6.07) is 0.762. The molecule has 0 spiro atoms. The fourth-order valence-electron chi connectivity index (χ4n) is 3.27. The molecule has 2 heterocycles. The minimum Gasteiger partial charge on any atom is -0.378 e. The van der Waals surface area contributed by atoms with Crippen molar-refractivity contribution in [1.82, 2.24) is 4.90 Å². The first-order valence-electron chi connectivity index (χ1n) is 7.46. The topological polar surface area (TPSA) is 38.5 Å². The van der Waals surface area contributed by atoms with Gasteiger partial charge in [0.25, 0.3) is 0 Å². The summed E-state index contributed by atoms with van der Waals surface area (Å²) in [4.78, 5) is 2.67. The fraction of sp³-hybridized carbons (Fsp3) is 1.00. The molecular weight excluding hydrogens is 212 g/mol. The number of rotatable bonds is 6. The number of ether oxygens (including phenoxy) is 1. The third-order valence-electron chi connectivity index (χ3n) is 4.24. The lowest BCUT2D eigenvalue weighted by Gasteiger charge is -2.35. The van der Waals surface area contributed by atoms with Gasteiger partial charge in [0.1, 0.15) is 0 Å². The van der Waals surface area contributed by atoms with Crippen LogP contribution in [0, 0.1) is 0 Å². The Labute approximate surface area is 106 Å². The Kier molecular flexibility index (Phi) is 5.75. The van der Waals surface area contributed by atoms with Crippen LogP contribution in [-0.4, -0.2) is 43.3 Å². The van der Waals surface area contributed by atoms with Crippen molar-refractivity contribution in [3.8, 4) is 0 Å². The monoisotopic (exact) mass is 240 g/mol. The van der Waals surface area contributed by atoms with Crippen molar-refractivity contribution in [2.24, 2.45) is 5.73 Å². The average molecular weight is 240 g/mol. The Morgan fingerprint density at radius 3 is 2.82 bits per heavy atom. The Morgan fingerprint density at radius 1 is 1.12 bits per heavy atom. The maximum absolute atomic E-state index is 5.70. The van der Waals surface area contributed by atoms with E-state index in [-0.39, 0.29) is 0 Å². The number of nitrogens with two attached hydrogens (primary N) is 1. The molecule has 3 nitrogen and oxygen atoms in total. The van der Waals surface area contributed by atoms with E-state index in [1.807, 2.05) is 0 Å². The number of likely N-dealkylation sites (tertiary alicyclic amines) is 1. The second-order valence-corrected chi connectivity index (χ2v) is 5.54. The van der Waals surface area contributed by atoms with E-state index in [1.165, 1.54) is 64.5 Å². The molecule has 2 N–H and O–H groups in total. The van der Waals surface area contributed by atoms with E-state index in [0.717, 1.165) is 19.2 Å². The van der Waals surface area contributed by atoms with Crippen molar-refractivity contribution in [1.29, 1.82) is 0 Å². The van der Waals surface area contributed by atoms with Gasteiger partial charge in [-0.2, -0.15) is 0 Å². The summed E-state index contributed by atoms with van der Waals surface area (Å²) < 4.78 is 5.68. The van der Waals surface area contributed by atoms with Crippen LogP contribution in [0.2, 0.25) is 0 Å². The second-order valence-electron chi connectivity index (χ2n) is 5.54. The van der Waals surface area contributed by atoms with Crippen molar-refractivity contribution in [3.63, 3.8) is 0 Å². The first-order chi connectivity index (χ1) is 8.40. The van der Waals surface area contributed by atoms with E-state index in [1.54, 1.807) is 0 Å². The Morgan fingerprint density at radius 2 is 2.06 bits per heavy atom. The van der Waals surface area contributed by atoms with Crippen LogP contribution in [0.3, 0.4) is 0 Å². The van der Waals surface area contributed by atoms with Crippen molar-refractivity contribution < 1.29 is 4.74 Å². The molecule has 0 aromatic heterocycles. The maximum Gasteiger partial charge on any atom is 0.0576 e. The number of piperidine rings is 1. The molecule has 100 valence electrons. The highest BCUT2D eigenvalue weighted by Crippen LogP contribution is 2.21. The fourth-order valence-corrected chi connectivity index (χ4v) is 3.27. The van der Waals surface area contributed by atoms with E-state index in [2.05, 4.69) is 4.90 Å². The van der Waals surface area contributed by atoms with Crippen LogP contribution in [0.5, 0.6) is 0 Å². The minimum absolute atomic E-state index is 0.563. The van der Waals surface area contributed by atoms with Gasteiger partial charge in [-0.1, -0.05) is 6.42 Å². The average Bonchev–Trinajstić information content (AvgIpc) is 2.85. The molecule has 2 rings (SSSR count). The van der Waals surface area contributed by atoms with Gasteiger partial charge in [-0.25, -0.2) is 0 Å². The molecule has 2 fully saturated rings. The van der Waals surface area contributed by atoms with Gasteiger partial charge in [0.15, 0.2) is 0 Å². The lowest BCUT2D eigenvalue weighted by atomic mass is 9.98. The molecule has 0 bridgehead atoms. The van der Waals surface area contributed by atoms with Crippen molar-refractivity contribution in [3.05, 3.63) is 0 Å². The lowest BCUT2D eigenvalue weighted by Crippen LogP contribution is -2.41. The zero-order valence-electron chi connectivity index (χ0n) is 11.1. The summed E-state index contributed by atoms with van der Waals surface area (Å²) >= 11 is 0. The van der Waals surface area contributed by atoms with Crippen LogP contribution in [0.4, 0.5) is 0 Å². The third-order valence-corrected chi connectivity index (χ3v) is 4.24. The molecule has 3 heteroatoms. The maximum atomic E-state index is 5.70. The summed E-state index contributed by atoms with van der Waals surface area (Å²) in [5, 5.41) is 0. The van der Waals surface area contributed by atoms with Crippen LogP contribution in [-0.2, 0) is 4.74 Å². The van der Waals surface area contributed by atoms with Crippen LogP contribution < -0.4 is 5.73 Å². The zero-order valence-corrected chi connectivity index (χ0v) is 11.1. The molecule has 0 aromatic carbocycles. The molecule has 0 radical (unpaired) electrons. The third kappa shape index (κ3) is 4.23. The highest BCUT2D eigenvalue weighted by molar-refractivity contribution is 4.77. The van der Waals surface area contributed by atoms with E-state index in [4.69, 9.17) is 10.5 Å². The van der Waals surface area contributed by atoms with Gasteiger partial charge in [0.05, 0.1) is 6.10 Å². The molecule has 2 aliphatic heterocycles. The summed E-state index contributed by atoms with van der Waals surface area (Å²) in [7, 11) is 0. The summed E-state index contributed by atoms with van der Waals surface area (Å²) in [5.41, 5.74) is 5.70. The van der Waals surface area contributed by atoms with Gasteiger partial charge in [0.2, 0.25) is 0 Å². The minimum atomic E-state index is 0.563. The van der Waals surface area contributed by atoms with E-state index in [0.29, 0.717) is 6.10 Å². The van der Waals surface area contributed by atoms with Gasteiger partial charge in [-0.05, 0) is 64.6 Å². The van der Waals surface area contributed by atoms with Gasteiger partial charge in [-0.15, -0.1) is 0 Å². The molecule has 0 amide bonds. The molecule has 2 aliphatic rings. The first-order valence-corrected chi connectivity index (χ1v) is 7.46. The van der Waals surface area contributed by atoms with Crippen LogP contribution in [0.25, 0.3) is 0 Å². The van der Waals surface area contributed by atoms with Gasteiger partial charge in [0, 0.05) is 12.6 Å². The number of hydrogen-bond acceptors (Lipinski definition) is 3. The molecule has 0 aliphatic carbocycles. The van der Waals surface area contributed by atoms with E-state index < -0.39 is 0 Å². The standard InChI is InChI=1S/C14H28N2O/c15-9-8-13-5-1-2-10-16(13)11-3-6-14-7-4-12-17-14/h13-14H,1-12,15H2. The van der Waals surface area contributed by atoms with Gasteiger partial charge in [-0.3, -0.25) is 0 Å². The predicted octanol–water partition coefficient (Wildman–Crippen LogP) is 2.15. The molecule has 0 aromatic rings. The molecule has 2 saturated heterocycles. The molecular formula is C14H28N2O. The van der Waals surface area contributed by atoms with Crippen molar-refractivity contribution in [2.75, 3.05) is 26.2 Å². The molecule has 0 saturated carbocycles. The van der Waals surface area contributed by atoms with Gasteiger partial charge < -0.3 is 15.4 Å². The van der Waals surface area contributed by atoms with Crippen LogP contribution in [0.1, 0.15) is 51.4 Å². The highest BCUT2D eigenvalue weighted by Gasteiger charge is 2.22. The van der Waals surface area contributed by atoms with Crippen LogP contribution in [0.15, 0.2) is 0 Å². The van der Waals surface area contributed by atoms with Crippen molar-refractivity contribution >= 4 is 0 Å². The van der Waals surface area contributed by atoms with Gasteiger partial charge >= 0.3 is 0 Å². The smallest absolute Gasteiger partial charge is 0.0576 e. The molecule has 17 heavy (non-hydrogen) atoms. The Balaban J connectivity index is 1.64. The lowest BCUT2D eigenvalue weighted by molar-refractivity contribution is 0.0901. The summed E-state index contributed by atoms with van der Waals surface area (Å²) in [6.07, 6.45) is 11.0. The SMILES string of the molecule is NCCC1CCCCN1CCCC1CCCO1. The van der Waals surface area contributed by atoms with E-state index in [9.17, 15) is 0 Å². The van der Waals surface area contributed by atoms with Crippen molar-refractivity contribution in [2.45, 2.75) is 63.5 Å². The highest BCUT2D eigenvalue weighted by atomic mass is 16.5. The normalized spacial score (nSPS) is 30.9. The largest absolute Gasteiger partial charge is 0.378 e. The summed E-state index contributed by atoms with van der Waals surface area (Å²) in [5.74, 6) is 0. The van der Waals surface area contributed by atoms with Crippen LogP contribution >= 0.6 is 0 Å². The first kappa shape index (κ1) is 13.3. The molecule has 2 unspecified atom stereocenters. The zero-order chi connectivity index (χ0) is 11.9. The Bertz CT molecular complexity index is 202. The van der Waals surface area contributed by atoms with E-state index >= 15 is 0 Å². The summed E-state index contributed by atoms with van der Waals surface area (Å²) in [6.45, 7) is 4.37. The number of hydrogen-bond donors (Lipinski definition) is 1. The quantitative estimate of drug-likeness (QED) is 0.773. The second kappa shape index (κ2) is 7.34.